The van der Waals surface area contributed by atoms with Crippen LogP contribution in [0.3, 0.4) is 0 Å². The highest BCUT2D eigenvalue weighted by Crippen LogP contribution is 2.45. The van der Waals surface area contributed by atoms with Crippen LogP contribution in [-0.2, 0) is 0 Å². The SMILES string of the molecule is CCN(CCC#N)C(C)C1CCN(c2c(F)cc3c(=O)[nH]c(=O)n(C4CC4)c3c2C)C1.CCN(CCC#N)CC1(C)CCN(c2c(F)cc3c(=O)n(N)c(=O)n(C4CC4)c3c2OC)C1. The second-order valence-electron chi connectivity index (χ2n) is 18.3. The summed E-state index contributed by atoms with van der Waals surface area (Å²) in [7, 11) is 1.43. The number of benzene rings is 2. The largest absolute Gasteiger partial charge is 0.492 e. The summed E-state index contributed by atoms with van der Waals surface area (Å²) in [5.74, 6) is 5.29. The van der Waals surface area contributed by atoms with Gasteiger partial charge in [-0.3, -0.25) is 28.6 Å². The molecular weight excluding hydrogens is 825 g/mol. The molecule has 2 saturated carbocycles. The summed E-state index contributed by atoms with van der Waals surface area (Å²) < 4.78 is 40.1. The van der Waals surface area contributed by atoms with Gasteiger partial charge in [0.2, 0.25) is 0 Å². The number of methoxy groups -OCH3 is 1. The van der Waals surface area contributed by atoms with Crippen molar-refractivity contribution in [1.29, 1.82) is 10.5 Å². The van der Waals surface area contributed by atoms with Crippen LogP contribution in [0.2, 0.25) is 0 Å². The molecule has 64 heavy (non-hydrogen) atoms. The molecule has 18 heteroatoms. The van der Waals surface area contributed by atoms with E-state index in [1.807, 2.05) is 11.8 Å². The maximum Gasteiger partial charge on any atom is 0.350 e. The first kappa shape index (κ1) is 46.3. The maximum absolute atomic E-state index is 15.5. The van der Waals surface area contributed by atoms with Crippen LogP contribution in [0.4, 0.5) is 20.2 Å². The van der Waals surface area contributed by atoms with Gasteiger partial charge < -0.3 is 25.3 Å². The van der Waals surface area contributed by atoms with Crippen LogP contribution in [0.15, 0.2) is 31.3 Å². The molecule has 0 spiro atoms. The average molecular weight is 886 g/mol. The van der Waals surface area contributed by atoms with E-state index >= 15 is 8.78 Å². The molecule has 0 amide bonds. The predicted octanol–water partition coefficient (Wildman–Crippen LogP) is 4.73. The fourth-order valence-electron chi connectivity index (χ4n) is 10.2. The van der Waals surface area contributed by atoms with Crippen molar-refractivity contribution in [2.75, 3.05) is 81.7 Å². The molecule has 2 aromatic heterocycles. The number of hydrogen-bond acceptors (Lipinski definition) is 12. The molecule has 0 radical (unpaired) electrons. The number of nitriles is 2. The molecule has 3 atom stereocenters. The minimum atomic E-state index is -0.738. The Morgan fingerprint density at radius 3 is 2.17 bits per heavy atom. The van der Waals surface area contributed by atoms with Gasteiger partial charge in [0.15, 0.2) is 11.6 Å². The van der Waals surface area contributed by atoms with Crippen molar-refractivity contribution in [2.24, 2.45) is 11.3 Å². The van der Waals surface area contributed by atoms with Crippen LogP contribution >= 0.6 is 0 Å². The predicted molar refractivity (Wildman–Crippen MR) is 244 cm³/mol. The summed E-state index contributed by atoms with van der Waals surface area (Å²) in [5, 5.41) is 18.1. The Bertz CT molecular complexity index is 2740. The molecule has 2 aliphatic heterocycles. The Balaban J connectivity index is 0.000000192. The van der Waals surface area contributed by atoms with E-state index in [2.05, 4.69) is 59.5 Å². The third-order valence-corrected chi connectivity index (χ3v) is 13.9. The summed E-state index contributed by atoms with van der Waals surface area (Å²) >= 11 is 0. The number of aromatic nitrogens is 4. The molecule has 2 aromatic carbocycles. The topological polar surface area (TPSA) is 195 Å². The highest BCUT2D eigenvalue weighted by atomic mass is 19.1. The number of fused-ring (bicyclic) bond motifs is 2. The average Bonchev–Trinajstić information content (AvgIpc) is 4.21. The van der Waals surface area contributed by atoms with Crippen LogP contribution in [0.5, 0.6) is 5.75 Å². The maximum atomic E-state index is 15.5. The van der Waals surface area contributed by atoms with Gasteiger partial charge in [-0.15, -0.1) is 0 Å². The fourth-order valence-corrected chi connectivity index (χ4v) is 10.2. The standard InChI is InChI=1S/C23H31FN6O3.C23H30FN5O2/c1-4-27(10-5-9-25)13-23(2)8-11-28(14-23)19-17(24)12-16-18(20(19)33-3)29(15-6-7-15)22(32)30(26)21(16)31;1-4-27(10-5-9-25)15(3)16-8-11-28(13-16)21-14(2)20-18(12-19(21)24)22(30)26-23(31)29(20)17-6-7-17/h12,15H,4-8,10-11,13-14,26H2,1-3H3;12,15-17H,4-8,10-11,13H2,1-3H3,(H,26,30,31). The van der Waals surface area contributed by atoms with Crippen LogP contribution < -0.4 is 42.9 Å². The van der Waals surface area contributed by atoms with Crippen LogP contribution in [-0.4, -0.2) is 101 Å². The van der Waals surface area contributed by atoms with Crippen molar-refractivity contribution in [2.45, 2.75) is 104 Å². The number of anilines is 2. The normalized spacial score (nSPS) is 20.2. The van der Waals surface area contributed by atoms with Crippen molar-refractivity contribution < 1.29 is 13.5 Å². The molecule has 16 nitrogen and oxygen atoms in total. The van der Waals surface area contributed by atoms with E-state index in [9.17, 15) is 19.2 Å². The first-order valence-electron chi connectivity index (χ1n) is 22.6. The second-order valence-corrected chi connectivity index (χ2v) is 18.3. The molecule has 4 aromatic rings. The number of nitrogens with one attached hydrogen (secondary N) is 1. The number of H-pyrrole nitrogens is 1. The van der Waals surface area contributed by atoms with Crippen molar-refractivity contribution in [3.05, 3.63) is 71.0 Å². The first-order chi connectivity index (χ1) is 30.6. The summed E-state index contributed by atoms with van der Waals surface area (Å²) in [6.07, 6.45) is 6.12. The van der Waals surface area contributed by atoms with E-state index in [0.717, 1.165) is 71.2 Å². The number of rotatable bonds is 15. The molecule has 2 aliphatic carbocycles. The number of halogens is 2. The van der Waals surface area contributed by atoms with Crippen LogP contribution in [0.1, 0.15) is 96.7 Å². The summed E-state index contributed by atoms with van der Waals surface area (Å²) in [6, 6.07) is 7.17. The molecule has 3 N–H and O–H groups in total. The lowest BCUT2D eigenvalue weighted by Gasteiger charge is -2.32. The lowest BCUT2D eigenvalue weighted by molar-refractivity contribution is 0.173. The zero-order valence-corrected chi connectivity index (χ0v) is 37.9. The number of aromatic amines is 1. The first-order valence-corrected chi connectivity index (χ1v) is 22.6. The Labute approximate surface area is 371 Å². The lowest BCUT2D eigenvalue weighted by Crippen LogP contribution is -2.44. The van der Waals surface area contributed by atoms with Crippen molar-refractivity contribution >= 4 is 33.2 Å². The van der Waals surface area contributed by atoms with Crippen LogP contribution in [0, 0.1) is 52.6 Å². The van der Waals surface area contributed by atoms with E-state index in [0.29, 0.717) is 77.9 Å². The van der Waals surface area contributed by atoms with Gasteiger partial charge in [0.25, 0.3) is 11.1 Å². The highest BCUT2D eigenvalue weighted by molar-refractivity contribution is 5.91. The van der Waals surface area contributed by atoms with Gasteiger partial charge in [-0.2, -0.15) is 15.2 Å². The van der Waals surface area contributed by atoms with E-state index < -0.39 is 34.1 Å². The van der Waals surface area contributed by atoms with Crippen molar-refractivity contribution in [3.8, 4) is 17.9 Å². The highest BCUT2D eigenvalue weighted by Gasteiger charge is 2.39. The molecule has 4 aliphatic rings. The Hall–Kier alpha value is -5.72. The molecule has 0 bridgehead atoms. The molecule has 3 unspecified atom stereocenters. The van der Waals surface area contributed by atoms with Gasteiger partial charge >= 0.3 is 11.4 Å². The number of hydrogen-bond donors (Lipinski definition) is 2. The zero-order chi connectivity index (χ0) is 46.2. The molecule has 4 fully saturated rings. The quantitative estimate of drug-likeness (QED) is 0.156. The zero-order valence-electron chi connectivity index (χ0n) is 37.9. The number of nitrogens with zero attached hydrogens (tertiary/aromatic N) is 9. The van der Waals surface area contributed by atoms with E-state index in [1.165, 1.54) is 23.8 Å². The molecule has 4 heterocycles. The second kappa shape index (κ2) is 18.8. The molecule has 344 valence electrons. The van der Waals surface area contributed by atoms with Gasteiger partial charge in [0.1, 0.15) is 17.0 Å². The summed E-state index contributed by atoms with van der Waals surface area (Å²) in [6.45, 7) is 16.9. The third kappa shape index (κ3) is 8.87. The summed E-state index contributed by atoms with van der Waals surface area (Å²) in [5.41, 5.74) is -0.0902. The van der Waals surface area contributed by atoms with E-state index in [-0.39, 0.29) is 39.7 Å². The number of nitrogens with two attached hydrogens (primary N) is 1. The number of aryl methyl sites for hydroxylation is 1. The molecular formula is C46H61F2N11O5. The van der Waals surface area contributed by atoms with Crippen molar-refractivity contribution in [1.82, 2.24) is 28.6 Å². The number of nitrogen functional groups attached to an aromatic ring is 1. The van der Waals surface area contributed by atoms with Crippen molar-refractivity contribution in [3.63, 3.8) is 0 Å². The third-order valence-electron chi connectivity index (χ3n) is 13.9. The molecule has 2 saturated heterocycles. The monoisotopic (exact) mass is 885 g/mol. The minimum absolute atomic E-state index is 0.0396. The lowest BCUT2D eigenvalue weighted by atomic mass is 9.89. The minimum Gasteiger partial charge on any atom is -0.492 e. The van der Waals surface area contributed by atoms with E-state index in [1.54, 1.807) is 4.57 Å². The Kier molecular flexibility index (Phi) is 13.6. The van der Waals surface area contributed by atoms with Gasteiger partial charge in [0, 0.05) is 82.3 Å². The smallest absolute Gasteiger partial charge is 0.350 e. The van der Waals surface area contributed by atoms with E-state index in [4.69, 9.17) is 21.1 Å². The van der Waals surface area contributed by atoms with Gasteiger partial charge in [0.05, 0.1) is 41.2 Å². The Morgan fingerprint density at radius 1 is 0.906 bits per heavy atom. The summed E-state index contributed by atoms with van der Waals surface area (Å²) in [4.78, 5) is 61.3. The van der Waals surface area contributed by atoms with Gasteiger partial charge in [-0.25, -0.2) is 18.4 Å². The van der Waals surface area contributed by atoms with Crippen LogP contribution in [0.25, 0.3) is 21.8 Å². The van der Waals surface area contributed by atoms with Gasteiger partial charge in [-0.05, 0) is 88.9 Å². The molecule has 8 rings (SSSR count). The number of ether oxygens (including phenoxy) is 1. The van der Waals surface area contributed by atoms with Gasteiger partial charge in [-0.1, -0.05) is 20.8 Å². The Morgan fingerprint density at radius 2 is 1.55 bits per heavy atom. The fraction of sp³-hybridized carbons (Fsp3) is 0.609.